The molecule has 2 aliphatic heterocycles. The van der Waals surface area contributed by atoms with Gasteiger partial charge in [-0.05, 0) is 69.8 Å². The fourth-order valence-corrected chi connectivity index (χ4v) is 5.49. The fraction of sp³-hybridized carbons (Fsp3) is 0.696. The maximum Gasteiger partial charge on any atom is 0.243 e. The van der Waals surface area contributed by atoms with Crippen molar-refractivity contribution < 1.29 is 9.59 Å². The van der Waals surface area contributed by atoms with Crippen molar-refractivity contribution >= 4 is 11.8 Å². The molecule has 1 unspecified atom stereocenters. The molecule has 3 N–H and O–H groups in total. The number of nitrogens with two attached hydrogens (primary N) is 1. The van der Waals surface area contributed by atoms with E-state index in [0.29, 0.717) is 18.9 Å². The van der Waals surface area contributed by atoms with Gasteiger partial charge in [0.15, 0.2) is 0 Å². The summed E-state index contributed by atoms with van der Waals surface area (Å²) in [5.74, 6) is -0.389. The van der Waals surface area contributed by atoms with Gasteiger partial charge in [0, 0.05) is 31.5 Å². The number of hydrogen-bond donors (Lipinski definition) is 2. The molecule has 7 heteroatoms. The number of nitrogens with zero attached hydrogens (tertiary/aromatic N) is 3. The summed E-state index contributed by atoms with van der Waals surface area (Å²) in [6.07, 6.45) is 11.3. The summed E-state index contributed by atoms with van der Waals surface area (Å²) in [5, 5.41) is 3.07. The Hall–Kier alpha value is -1.99. The van der Waals surface area contributed by atoms with Gasteiger partial charge in [-0.25, -0.2) is 0 Å². The van der Waals surface area contributed by atoms with Gasteiger partial charge >= 0.3 is 0 Å². The molecule has 4 rings (SSSR count). The van der Waals surface area contributed by atoms with E-state index in [-0.39, 0.29) is 17.7 Å². The Kier molecular flexibility index (Phi) is 6.68. The third-order valence-corrected chi connectivity index (χ3v) is 7.32. The van der Waals surface area contributed by atoms with Gasteiger partial charge < -0.3 is 11.1 Å². The van der Waals surface area contributed by atoms with Crippen molar-refractivity contribution in [3.63, 3.8) is 0 Å². The predicted octanol–water partition coefficient (Wildman–Crippen LogP) is 1.67. The highest BCUT2D eigenvalue weighted by Gasteiger charge is 2.42. The quantitative estimate of drug-likeness (QED) is 0.740. The van der Waals surface area contributed by atoms with Crippen molar-refractivity contribution in [3.8, 4) is 0 Å². The number of nitrogens with one attached hydrogen (secondary N) is 1. The molecular weight excluding hydrogens is 378 g/mol. The lowest BCUT2D eigenvalue weighted by Crippen LogP contribution is -2.58. The van der Waals surface area contributed by atoms with Crippen molar-refractivity contribution in [2.75, 3.05) is 26.2 Å². The summed E-state index contributed by atoms with van der Waals surface area (Å²) in [5.41, 5.74) is 6.11. The normalized spacial score (nSPS) is 25.8. The van der Waals surface area contributed by atoms with E-state index in [9.17, 15) is 9.59 Å². The molecular formula is C23H35N5O2. The number of rotatable bonds is 6. The van der Waals surface area contributed by atoms with E-state index < -0.39 is 5.54 Å². The van der Waals surface area contributed by atoms with Crippen molar-refractivity contribution in [3.05, 3.63) is 30.1 Å². The van der Waals surface area contributed by atoms with Gasteiger partial charge in [-0.3, -0.25) is 24.4 Å². The Bertz CT molecular complexity index is 726. The lowest BCUT2D eigenvalue weighted by molar-refractivity contribution is -0.135. The zero-order valence-electron chi connectivity index (χ0n) is 17.9. The fourth-order valence-electron chi connectivity index (χ4n) is 5.49. The lowest BCUT2D eigenvalue weighted by Gasteiger charge is -2.42. The number of aromatic nitrogens is 1. The smallest absolute Gasteiger partial charge is 0.243 e. The van der Waals surface area contributed by atoms with E-state index in [1.807, 2.05) is 18.5 Å². The first-order chi connectivity index (χ1) is 14.6. The number of likely N-dealkylation sites (tertiary alicyclic amines) is 2. The first kappa shape index (κ1) is 21.2. The minimum Gasteiger partial charge on any atom is -0.368 e. The van der Waals surface area contributed by atoms with Crippen LogP contribution >= 0.6 is 0 Å². The Labute approximate surface area is 179 Å². The van der Waals surface area contributed by atoms with Crippen LogP contribution in [-0.4, -0.2) is 64.4 Å². The number of carbonyl (C=O) groups excluding carboxylic acids is 2. The second kappa shape index (κ2) is 9.43. The highest BCUT2D eigenvalue weighted by atomic mass is 16.2. The zero-order valence-corrected chi connectivity index (χ0v) is 17.9. The molecule has 0 radical (unpaired) electrons. The van der Waals surface area contributed by atoms with Crippen molar-refractivity contribution in [2.24, 2.45) is 11.7 Å². The van der Waals surface area contributed by atoms with E-state index in [0.717, 1.165) is 71.2 Å². The molecule has 164 valence electrons. The molecule has 0 bridgehead atoms. The second-order valence-electron chi connectivity index (χ2n) is 9.35. The van der Waals surface area contributed by atoms with Gasteiger partial charge in [0.2, 0.25) is 11.8 Å². The standard InChI is InChI=1S/C23H35N5O2/c24-22(30)23(9-1-2-10-23)26-21(29)19-6-4-12-28(17-19)20-7-13-27(14-8-20)16-18-5-3-11-25-15-18/h3,5,11,15,19-20H,1-2,4,6-10,12-14,16-17H2,(H2,24,30)(H,26,29). The third-order valence-electron chi connectivity index (χ3n) is 7.32. The maximum atomic E-state index is 13.0. The van der Waals surface area contributed by atoms with E-state index >= 15 is 0 Å². The highest BCUT2D eigenvalue weighted by Crippen LogP contribution is 2.31. The molecule has 3 aliphatic rings. The van der Waals surface area contributed by atoms with Crippen LogP contribution in [0.4, 0.5) is 0 Å². The molecule has 1 aliphatic carbocycles. The molecule has 3 fully saturated rings. The van der Waals surface area contributed by atoms with Gasteiger partial charge in [-0.2, -0.15) is 0 Å². The van der Waals surface area contributed by atoms with Crippen LogP contribution in [0.3, 0.4) is 0 Å². The van der Waals surface area contributed by atoms with Crippen LogP contribution in [0.2, 0.25) is 0 Å². The van der Waals surface area contributed by atoms with Gasteiger partial charge in [0.05, 0.1) is 5.92 Å². The monoisotopic (exact) mass is 413 g/mol. The summed E-state index contributed by atoms with van der Waals surface area (Å²) in [7, 11) is 0. The minimum absolute atomic E-state index is 0.0226. The van der Waals surface area contributed by atoms with E-state index in [1.54, 1.807) is 0 Å². The average molecular weight is 414 g/mol. The molecule has 1 saturated carbocycles. The van der Waals surface area contributed by atoms with Crippen LogP contribution in [0.1, 0.15) is 56.9 Å². The third kappa shape index (κ3) is 4.83. The first-order valence-corrected chi connectivity index (χ1v) is 11.5. The summed E-state index contributed by atoms with van der Waals surface area (Å²) in [4.78, 5) is 34.2. The van der Waals surface area contributed by atoms with Gasteiger partial charge in [0.1, 0.15) is 5.54 Å². The predicted molar refractivity (Wildman–Crippen MR) is 115 cm³/mol. The molecule has 30 heavy (non-hydrogen) atoms. The first-order valence-electron chi connectivity index (χ1n) is 11.5. The maximum absolute atomic E-state index is 13.0. The van der Waals surface area contributed by atoms with Crippen LogP contribution in [0.15, 0.2) is 24.5 Å². The minimum atomic E-state index is -0.809. The summed E-state index contributed by atoms with van der Waals surface area (Å²) >= 11 is 0. The van der Waals surface area contributed by atoms with E-state index in [2.05, 4.69) is 26.2 Å². The van der Waals surface area contributed by atoms with E-state index in [1.165, 1.54) is 5.56 Å². The van der Waals surface area contributed by atoms with Crippen LogP contribution < -0.4 is 11.1 Å². The zero-order chi connectivity index (χ0) is 21.0. The topological polar surface area (TPSA) is 91.6 Å². The Balaban J connectivity index is 1.28. The molecule has 0 spiro atoms. The van der Waals surface area contributed by atoms with Crippen molar-refractivity contribution in [1.82, 2.24) is 20.1 Å². The molecule has 2 amide bonds. The van der Waals surface area contributed by atoms with Crippen LogP contribution in [-0.2, 0) is 16.1 Å². The average Bonchev–Trinajstić information content (AvgIpc) is 3.25. The van der Waals surface area contributed by atoms with E-state index in [4.69, 9.17) is 5.73 Å². The molecule has 1 aromatic heterocycles. The molecule has 7 nitrogen and oxygen atoms in total. The Morgan fingerprint density at radius 1 is 1.13 bits per heavy atom. The summed E-state index contributed by atoms with van der Waals surface area (Å²) < 4.78 is 0. The van der Waals surface area contributed by atoms with Gasteiger partial charge in [-0.15, -0.1) is 0 Å². The number of amides is 2. The highest BCUT2D eigenvalue weighted by molar-refractivity contribution is 5.91. The number of carbonyl (C=O) groups is 2. The second-order valence-corrected chi connectivity index (χ2v) is 9.35. The van der Waals surface area contributed by atoms with Crippen LogP contribution in [0.5, 0.6) is 0 Å². The summed E-state index contributed by atoms with van der Waals surface area (Å²) in [6.45, 7) is 4.99. The van der Waals surface area contributed by atoms with Gasteiger partial charge in [-0.1, -0.05) is 18.9 Å². The largest absolute Gasteiger partial charge is 0.368 e. The molecule has 3 heterocycles. The SMILES string of the molecule is NC(=O)C1(NC(=O)C2CCCN(C3CCN(Cc4cccnc4)CC3)C2)CCCC1. The van der Waals surface area contributed by atoms with Gasteiger partial charge in [0.25, 0.3) is 0 Å². The number of primary amides is 1. The Morgan fingerprint density at radius 2 is 1.90 bits per heavy atom. The van der Waals surface area contributed by atoms with Crippen molar-refractivity contribution in [1.29, 1.82) is 0 Å². The Morgan fingerprint density at radius 3 is 2.57 bits per heavy atom. The van der Waals surface area contributed by atoms with Crippen LogP contribution in [0.25, 0.3) is 0 Å². The number of piperidine rings is 2. The van der Waals surface area contributed by atoms with Crippen LogP contribution in [0, 0.1) is 5.92 Å². The molecule has 2 saturated heterocycles. The molecule has 1 atom stereocenters. The van der Waals surface area contributed by atoms with Crippen molar-refractivity contribution in [2.45, 2.75) is 69.5 Å². The number of pyridine rings is 1. The number of hydrogen-bond acceptors (Lipinski definition) is 5. The molecule has 0 aromatic carbocycles. The molecule has 1 aromatic rings. The summed E-state index contributed by atoms with van der Waals surface area (Å²) in [6, 6.07) is 4.67. The lowest BCUT2D eigenvalue weighted by atomic mass is 9.90.